The number of benzene rings is 4. The zero-order valence-electron chi connectivity index (χ0n) is 19.7. The van der Waals surface area contributed by atoms with Gasteiger partial charge in [0.25, 0.3) is 0 Å². The van der Waals surface area contributed by atoms with Crippen LogP contribution in [0.4, 0.5) is 0 Å². The molecule has 1 aromatic heterocycles. The largest absolute Gasteiger partial charge is 0.497 e. The SMILES string of the molecule is COc1ccc2c(c1)c1cc(C)ccc1c1c2c2ccccc2n1COCC[Si](C)(C)C. The minimum atomic E-state index is -1.13. The van der Waals surface area contributed by atoms with E-state index in [0.717, 1.165) is 12.4 Å². The molecule has 0 fully saturated rings. The fourth-order valence-corrected chi connectivity index (χ4v) is 5.46. The summed E-state index contributed by atoms with van der Waals surface area (Å²) in [4.78, 5) is 0. The van der Waals surface area contributed by atoms with E-state index in [0.29, 0.717) is 6.73 Å². The zero-order chi connectivity index (χ0) is 22.5. The highest BCUT2D eigenvalue weighted by molar-refractivity contribution is 6.76. The summed E-state index contributed by atoms with van der Waals surface area (Å²) in [7, 11) is 0.605. The topological polar surface area (TPSA) is 23.4 Å². The van der Waals surface area contributed by atoms with Crippen molar-refractivity contribution < 1.29 is 9.47 Å². The van der Waals surface area contributed by atoms with Gasteiger partial charge in [-0.2, -0.15) is 0 Å². The summed E-state index contributed by atoms with van der Waals surface area (Å²) in [5.41, 5.74) is 3.74. The molecule has 0 saturated heterocycles. The number of aryl methyl sites for hydroxylation is 1. The molecule has 4 heteroatoms. The van der Waals surface area contributed by atoms with Gasteiger partial charge in [0.2, 0.25) is 0 Å². The van der Waals surface area contributed by atoms with Crippen LogP contribution in [0.15, 0.2) is 60.7 Å². The second kappa shape index (κ2) is 7.95. The molecule has 164 valence electrons. The Hall–Kier alpha value is -2.82. The Morgan fingerprint density at radius 2 is 1.56 bits per heavy atom. The maximum Gasteiger partial charge on any atom is 0.123 e. The normalized spacial score (nSPS) is 12.4. The van der Waals surface area contributed by atoms with Crippen molar-refractivity contribution in [2.24, 2.45) is 0 Å². The molecule has 5 aromatic rings. The van der Waals surface area contributed by atoms with Crippen molar-refractivity contribution in [2.75, 3.05) is 13.7 Å². The smallest absolute Gasteiger partial charge is 0.123 e. The van der Waals surface area contributed by atoms with Gasteiger partial charge < -0.3 is 14.0 Å². The molecule has 0 aliphatic carbocycles. The second-order valence-corrected chi connectivity index (χ2v) is 15.6. The number of ether oxygens (including phenoxy) is 2. The van der Waals surface area contributed by atoms with Crippen molar-refractivity contribution in [1.82, 2.24) is 4.57 Å². The molecule has 0 bridgehead atoms. The van der Waals surface area contributed by atoms with Gasteiger partial charge in [-0.3, -0.25) is 0 Å². The zero-order valence-corrected chi connectivity index (χ0v) is 20.7. The number of rotatable bonds is 6. The second-order valence-electron chi connectivity index (χ2n) is 9.98. The summed E-state index contributed by atoms with van der Waals surface area (Å²) >= 11 is 0. The molecule has 0 spiro atoms. The predicted molar refractivity (Wildman–Crippen MR) is 140 cm³/mol. The van der Waals surface area contributed by atoms with Crippen molar-refractivity contribution in [3.05, 3.63) is 66.2 Å². The monoisotopic (exact) mass is 441 g/mol. The van der Waals surface area contributed by atoms with Crippen molar-refractivity contribution >= 4 is 51.4 Å². The molecule has 5 rings (SSSR count). The highest BCUT2D eigenvalue weighted by Crippen LogP contribution is 2.42. The number of hydrogen-bond donors (Lipinski definition) is 0. The van der Waals surface area contributed by atoms with Crippen molar-refractivity contribution in [1.29, 1.82) is 0 Å². The van der Waals surface area contributed by atoms with Gasteiger partial charge in [0.05, 0.1) is 18.1 Å². The van der Waals surface area contributed by atoms with E-state index < -0.39 is 8.07 Å². The lowest BCUT2D eigenvalue weighted by Crippen LogP contribution is -2.22. The maximum atomic E-state index is 6.27. The Morgan fingerprint density at radius 1 is 0.812 bits per heavy atom. The van der Waals surface area contributed by atoms with Gasteiger partial charge in [0.15, 0.2) is 0 Å². The van der Waals surface area contributed by atoms with Crippen molar-refractivity contribution in [3.63, 3.8) is 0 Å². The van der Waals surface area contributed by atoms with Crippen LogP contribution in [0.5, 0.6) is 5.75 Å². The molecule has 0 radical (unpaired) electrons. The standard InChI is InChI=1S/C28H31NO2Si/c1-19-10-12-22-24(16-19)25-17-20(30-2)11-13-21(25)27-23-8-6-7-9-26(23)29(28(22)27)18-31-14-15-32(3,4)5/h6-13,16-17H,14-15,18H2,1-5H3. The van der Waals surface area contributed by atoms with Gasteiger partial charge in [-0.05, 0) is 53.4 Å². The van der Waals surface area contributed by atoms with E-state index in [9.17, 15) is 0 Å². The van der Waals surface area contributed by atoms with Gasteiger partial charge >= 0.3 is 0 Å². The van der Waals surface area contributed by atoms with E-state index in [-0.39, 0.29) is 0 Å². The lowest BCUT2D eigenvalue weighted by molar-refractivity contribution is 0.0930. The molecule has 0 unspecified atom stereocenters. The Balaban J connectivity index is 1.83. The molecule has 3 nitrogen and oxygen atoms in total. The van der Waals surface area contributed by atoms with E-state index >= 15 is 0 Å². The first-order valence-corrected chi connectivity index (χ1v) is 15.1. The van der Waals surface area contributed by atoms with Crippen LogP contribution in [0.25, 0.3) is 43.4 Å². The average Bonchev–Trinajstić information content (AvgIpc) is 3.10. The summed E-state index contributed by atoms with van der Waals surface area (Å²) in [5, 5.41) is 7.58. The van der Waals surface area contributed by atoms with Gasteiger partial charge in [-0.25, -0.2) is 0 Å². The molecule has 0 amide bonds. The van der Waals surface area contributed by atoms with Crippen molar-refractivity contribution in [3.8, 4) is 5.75 Å². The Morgan fingerprint density at radius 3 is 2.34 bits per heavy atom. The van der Waals surface area contributed by atoms with E-state index in [1.807, 2.05) is 0 Å². The highest BCUT2D eigenvalue weighted by atomic mass is 28.3. The van der Waals surface area contributed by atoms with Crippen LogP contribution in [0, 0.1) is 6.92 Å². The van der Waals surface area contributed by atoms with E-state index in [1.54, 1.807) is 7.11 Å². The van der Waals surface area contributed by atoms with Crippen LogP contribution < -0.4 is 4.74 Å². The number of aromatic nitrogens is 1. The molecule has 0 N–H and O–H groups in total. The van der Waals surface area contributed by atoms with Gasteiger partial charge in [-0.1, -0.05) is 61.6 Å². The number of methoxy groups -OCH3 is 1. The van der Waals surface area contributed by atoms with Crippen LogP contribution in [-0.2, 0) is 11.5 Å². The van der Waals surface area contributed by atoms with Crippen LogP contribution in [0.3, 0.4) is 0 Å². The molecular weight excluding hydrogens is 410 g/mol. The quantitative estimate of drug-likeness (QED) is 0.153. The number of para-hydroxylation sites is 1. The molecular formula is C28H31NO2Si. The third-order valence-electron chi connectivity index (χ3n) is 6.40. The van der Waals surface area contributed by atoms with Crippen molar-refractivity contribution in [2.45, 2.75) is 39.3 Å². The molecule has 0 atom stereocenters. The molecule has 0 aliphatic rings. The van der Waals surface area contributed by atoms with Crippen LogP contribution in [-0.4, -0.2) is 26.4 Å². The molecule has 0 saturated carbocycles. The molecule has 1 heterocycles. The van der Waals surface area contributed by atoms with E-state index in [2.05, 4.69) is 91.8 Å². The van der Waals surface area contributed by atoms with Crippen LogP contribution in [0.1, 0.15) is 5.56 Å². The summed E-state index contributed by atoms with van der Waals surface area (Å²) in [6.07, 6.45) is 0. The molecule has 4 aromatic carbocycles. The lowest BCUT2D eigenvalue weighted by Gasteiger charge is -2.17. The first-order valence-electron chi connectivity index (χ1n) is 11.4. The summed E-state index contributed by atoms with van der Waals surface area (Å²) in [6, 6.07) is 23.1. The Labute approximate surface area is 190 Å². The highest BCUT2D eigenvalue weighted by Gasteiger charge is 2.19. The number of nitrogens with zero attached hydrogens (tertiary/aromatic N) is 1. The third kappa shape index (κ3) is 3.57. The average molecular weight is 442 g/mol. The fourth-order valence-electron chi connectivity index (χ4n) is 4.70. The summed E-state index contributed by atoms with van der Waals surface area (Å²) in [6.45, 7) is 10.7. The molecule has 32 heavy (non-hydrogen) atoms. The predicted octanol–water partition coefficient (Wildman–Crippen LogP) is 7.73. The number of fused-ring (bicyclic) bond motifs is 8. The number of hydrogen-bond acceptors (Lipinski definition) is 2. The van der Waals surface area contributed by atoms with E-state index in [1.165, 1.54) is 55.0 Å². The minimum Gasteiger partial charge on any atom is -0.497 e. The van der Waals surface area contributed by atoms with Gasteiger partial charge in [0.1, 0.15) is 12.5 Å². The first kappa shape index (κ1) is 21.0. The van der Waals surface area contributed by atoms with Gasteiger partial charge in [0, 0.05) is 30.8 Å². The lowest BCUT2D eigenvalue weighted by atomic mass is 9.95. The summed E-state index contributed by atoms with van der Waals surface area (Å²) in [5.74, 6) is 0.887. The third-order valence-corrected chi connectivity index (χ3v) is 8.11. The van der Waals surface area contributed by atoms with Crippen LogP contribution >= 0.6 is 0 Å². The van der Waals surface area contributed by atoms with Gasteiger partial charge in [-0.15, -0.1) is 0 Å². The van der Waals surface area contributed by atoms with E-state index in [4.69, 9.17) is 9.47 Å². The first-order chi connectivity index (χ1) is 15.4. The fraction of sp³-hybridized carbons (Fsp3) is 0.286. The maximum absolute atomic E-state index is 6.27. The minimum absolute atomic E-state index is 0.569. The Kier molecular flexibility index (Phi) is 5.23. The Bertz CT molecular complexity index is 1460. The molecule has 0 aliphatic heterocycles. The summed E-state index contributed by atoms with van der Waals surface area (Å²) < 4.78 is 14.2. The van der Waals surface area contributed by atoms with Crippen LogP contribution in [0.2, 0.25) is 25.7 Å².